The Labute approximate surface area is 147 Å². The second kappa shape index (κ2) is 7.60. The lowest BCUT2D eigenvalue weighted by Gasteiger charge is -2.35. The van der Waals surface area contributed by atoms with Gasteiger partial charge in [-0.05, 0) is 43.3 Å². The van der Waals surface area contributed by atoms with Gasteiger partial charge in [-0.25, -0.2) is 0 Å². The lowest BCUT2D eigenvalue weighted by Crippen LogP contribution is -2.48. The fourth-order valence-corrected chi connectivity index (χ4v) is 2.98. The van der Waals surface area contributed by atoms with Gasteiger partial charge in [0.15, 0.2) is 0 Å². The van der Waals surface area contributed by atoms with E-state index in [0.717, 1.165) is 5.69 Å². The van der Waals surface area contributed by atoms with Gasteiger partial charge < -0.3 is 15.0 Å². The molecule has 1 amide bonds. The lowest BCUT2D eigenvalue weighted by molar-refractivity contribution is -0.142. The first-order valence-electron chi connectivity index (χ1n) is 8.55. The Balaban J connectivity index is 1.55. The van der Waals surface area contributed by atoms with Gasteiger partial charge >= 0.3 is 0 Å². The molecule has 2 unspecified atom stereocenters. The number of benzene rings is 1. The van der Waals surface area contributed by atoms with E-state index in [1.807, 2.05) is 49.9 Å². The first-order valence-corrected chi connectivity index (χ1v) is 8.55. The van der Waals surface area contributed by atoms with Crippen LogP contribution in [0.5, 0.6) is 0 Å². The Morgan fingerprint density at radius 2 is 1.92 bits per heavy atom. The van der Waals surface area contributed by atoms with Gasteiger partial charge in [-0.15, -0.1) is 0 Å². The van der Waals surface area contributed by atoms with E-state index < -0.39 is 0 Å². The zero-order valence-electron chi connectivity index (χ0n) is 14.8. The van der Waals surface area contributed by atoms with Gasteiger partial charge in [0.25, 0.3) is 0 Å². The maximum Gasteiger partial charge on any atom is 0.247 e. The average Bonchev–Trinajstić information content (AvgIpc) is 3.03. The molecule has 1 N–H and O–H groups in total. The number of amides is 1. The number of aromatic nitrogens is 4. The Kier molecular flexibility index (Phi) is 5.28. The molecule has 134 valence electrons. The Hall–Kier alpha value is -2.48. The van der Waals surface area contributed by atoms with Crippen LogP contribution in [0.15, 0.2) is 24.3 Å². The third kappa shape index (κ3) is 4.33. The molecule has 0 aliphatic carbocycles. The van der Waals surface area contributed by atoms with Crippen molar-refractivity contribution >= 4 is 11.9 Å². The molecule has 25 heavy (non-hydrogen) atoms. The summed E-state index contributed by atoms with van der Waals surface area (Å²) in [5, 5.41) is 14.9. The maximum absolute atomic E-state index is 12.4. The Morgan fingerprint density at radius 3 is 2.60 bits per heavy atom. The van der Waals surface area contributed by atoms with Crippen molar-refractivity contribution in [3.05, 3.63) is 29.8 Å². The van der Waals surface area contributed by atoms with Gasteiger partial charge in [0.05, 0.1) is 17.9 Å². The standard InChI is InChI=1S/C17H24N6O2/c1-12-4-6-15(7-5-12)23-17(19-20-21-23)18-9-8-16(24)22-10-13(2)25-14(3)11-22/h4-7,13-14H,8-11H2,1-3H3,(H,18,19,21). The fourth-order valence-electron chi connectivity index (χ4n) is 2.98. The van der Waals surface area contributed by atoms with E-state index in [0.29, 0.717) is 32.0 Å². The van der Waals surface area contributed by atoms with E-state index in [1.165, 1.54) is 5.56 Å². The zero-order valence-corrected chi connectivity index (χ0v) is 14.8. The van der Waals surface area contributed by atoms with Crippen LogP contribution < -0.4 is 5.32 Å². The first-order chi connectivity index (χ1) is 12.0. The molecule has 1 aliphatic heterocycles. The summed E-state index contributed by atoms with van der Waals surface area (Å²) in [6.45, 7) is 7.77. The number of carbonyl (C=O) groups excluding carboxylic acids is 1. The maximum atomic E-state index is 12.4. The average molecular weight is 344 g/mol. The van der Waals surface area contributed by atoms with E-state index >= 15 is 0 Å². The number of anilines is 1. The van der Waals surface area contributed by atoms with Gasteiger partial charge in [-0.2, -0.15) is 4.68 Å². The van der Waals surface area contributed by atoms with Gasteiger partial charge in [0.2, 0.25) is 11.9 Å². The summed E-state index contributed by atoms with van der Waals surface area (Å²) >= 11 is 0. The molecule has 1 saturated heterocycles. The summed E-state index contributed by atoms with van der Waals surface area (Å²) in [6, 6.07) is 7.92. The summed E-state index contributed by atoms with van der Waals surface area (Å²) in [5.41, 5.74) is 2.05. The van der Waals surface area contributed by atoms with Crippen LogP contribution in [0.4, 0.5) is 5.95 Å². The van der Waals surface area contributed by atoms with Crippen LogP contribution in [0.25, 0.3) is 5.69 Å². The number of nitrogens with zero attached hydrogens (tertiary/aromatic N) is 5. The fraction of sp³-hybridized carbons (Fsp3) is 0.529. The molecule has 0 bridgehead atoms. The largest absolute Gasteiger partial charge is 0.372 e. The number of tetrazole rings is 1. The van der Waals surface area contributed by atoms with Crippen LogP contribution in [0.2, 0.25) is 0 Å². The van der Waals surface area contributed by atoms with Crippen molar-refractivity contribution < 1.29 is 9.53 Å². The molecule has 3 rings (SSSR count). The van der Waals surface area contributed by atoms with E-state index in [2.05, 4.69) is 20.8 Å². The monoisotopic (exact) mass is 344 g/mol. The topological polar surface area (TPSA) is 85.2 Å². The number of ether oxygens (including phenoxy) is 1. The SMILES string of the molecule is Cc1ccc(-n2nnnc2NCCC(=O)N2CC(C)OC(C)C2)cc1. The van der Waals surface area contributed by atoms with Crippen LogP contribution >= 0.6 is 0 Å². The highest BCUT2D eigenvalue weighted by atomic mass is 16.5. The molecule has 1 fully saturated rings. The molecule has 0 saturated carbocycles. The molecule has 1 aliphatic rings. The molecular weight excluding hydrogens is 320 g/mol. The second-order valence-corrected chi connectivity index (χ2v) is 6.48. The van der Waals surface area contributed by atoms with Crippen molar-refractivity contribution in [3.8, 4) is 5.69 Å². The number of rotatable bonds is 5. The van der Waals surface area contributed by atoms with Gasteiger partial charge in [-0.1, -0.05) is 22.8 Å². The molecule has 0 radical (unpaired) electrons. The normalized spacial score (nSPS) is 20.5. The van der Waals surface area contributed by atoms with E-state index in [9.17, 15) is 4.79 Å². The van der Waals surface area contributed by atoms with Gasteiger partial charge in [0.1, 0.15) is 0 Å². The molecular formula is C17H24N6O2. The summed E-state index contributed by atoms with van der Waals surface area (Å²) in [7, 11) is 0. The van der Waals surface area contributed by atoms with E-state index in [4.69, 9.17) is 4.74 Å². The number of morpholine rings is 1. The Bertz CT molecular complexity index is 704. The van der Waals surface area contributed by atoms with Crippen LogP contribution in [0.1, 0.15) is 25.8 Å². The number of nitrogens with one attached hydrogen (secondary N) is 1. The van der Waals surface area contributed by atoms with E-state index in [1.54, 1.807) is 4.68 Å². The first kappa shape index (κ1) is 17.3. The van der Waals surface area contributed by atoms with Crippen molar-refractivity contribution in [2.75, 3.05) is 25.0 Å². The Morgan fingerprint density at radius 1 is 1.24 bits per heavy atom. The van der Waals surface area contributed by atoms with Gasteiger partial charge in [-0.3, -0.25) is 4.79 Å². The summed E-state index contributed by atoms with van der Waals surface area (Å²) in [4.78, 5) is 14.2. The minimum absolute atomic E-state index is 0.0782. The molecule has 2 atom stereocenters. The smallest absolute Gasteiger partial charge is 0.247 e. The van der Waals surface area contributed by atoms with Crippen molar-refractivity contribution in [1.29, 1.82) is 0 Å². The van der Waals surface area contributed by atoms with Crippen LogP contribution in [0, 0.1) is 6.92 Å². The molecule has 8 nitrogen and oxygen atoms in total. The number of aryl methyl sites for hydroxylation is 1. The van der Waals surface area contributed by atoms with Crippen molar-refractivity contribution in [2.45, 2.75) is 39.4 Å². The number of carbonyl (C=O) groups is 1. The minimum Gasteiger partial charge on any atom is -0.372 e. The highest BCUT2D eigenvalue weighted by Gasteiger charge is 2.25. The molecule has 2 aromatic rings. The third-order valence-corrected chi connectivity index (χ3v) is 4.14. The van der Waals surface area contributed by atoms with Crippen LogP contribution in [-0.4, -0.2) is 62.9 Å². The highest BCUT2D eigenvalue weighted by molar-refractivity contribution is 5.76. The highest BCUT2D eigenvalue weighted by Crippen LogP contribution is 2.14. The van der Waals surface area contributed by atoms with Crippen molar-refractivity contribution in [2.24, 2.45) is 0 Å². The van der Waals surface area contributed by atoms with Crippen molar-refractivity contribution in [3.63, 3.8) is 0 Å². The lowest BCUT2D eigenvalue weighted by atomic mass is 10.2. The second-order valence-electron chi connectivity index (χ2n) is 6.48. The zero-order chi connectivity index (χ0) is 17.8. The predicted octanol–water partition coefficient (Wildman–Crippen LogP) is 1.41. The van der Waals surface area contributed by atoms with Gasteiger partial charge in [0, 0.05) is 26.1 Å². The molecule has 8 heteroatoms. The molecule has 1 aromatic heterocycles. The van der Waals surface area contributed by atoms with Crippen molar-refractivity contribution in [1.82, 2.24) is 25.1 Å². The van der Waals surface area contributed by atoms with E-state index in [-0.39, 0.29) is 18.1 Å². The summed E-state index contributed by atoms with van der Waals surface area (Å²) in [6.07, 6.45) is 0.546. The minimum atomic E-state index is 0.0782. The third-order valence-electron chi connectivity index (χ3n) is 4.14. The van der Waals surface area contributed by atoms with Crippen LogP contribution in [0.3, 0.4) is 0 Å². The summed E-state index contributed by atoms with van der Waals surface area (Å²) < 4.78 is 7.29. The number of hydrogen-bond acceptors (Lipinski definition) is 6. The predicted molar refractivity (Wildman–Crippen MR) is 93.6 cm³/mol. The molecule has 0 spiro atoms. The number of hydrogen-bond donors (Lipinski definition) is 1. The summed E-state index contributed by atoms with van der Waals surface area (Å²) in [5.74, 6) is 0.643. The van der Waals surface area contributed by atoms with Crippen LogP contribution in [-0.2, 0) is 9.53 Å². The molecule has 1 aromatic carbocycles. The molecule has 2 heterocycles. The quantitative estimate of drug-likeness (QED) is 0.883.